The number of anilines is 1. The number of aliphatic hydroxyl groups is 1. The minimum atomic E-state index is -0.730. The molecule has 1 N–H and O–H groups in total. The van der Waals surface area contributed by atoms with Crippen LogP contribution >= 0.6 is 0 Å². The van der Waals surface area contributed by atoms with Crippen LogP contribution in [0.1, 0.15) is 31.2 Å². The summed E-state index contributed by atoms with van der Waals surface area (Å²) in [6.45, 7) is 5.08. The van der Waals surface area contributed by atoms with E-state index in [9.17, 15) is 9.90 Å². The molecule has 7 nitrogen and oxygen atoms in total. The Hall–Kier alpha value is -2.64. The van der Waals surface area contributed by atoms with Crippen molar-refractivity contribution >= 4 is 11.7 Å². The van der Waals surface area contributed by atoms with Crippen LogP contribution in [0.4, 0.5) is 5.82 Å². The number of benzene rings is 1. The molecular weight excluding hydrogens is 404 g/mol. The van der Waals surface area contributed by atoms with Crippen molar-refractivity contribution in [3.63, 3.8) is 0 Å². The van der Waals surface area contributed by atoms with Gasteiger partial charge in [0, 0.05) is 51.9 Å². The molecule has 2 aromatic rings. The lowest BCUT2D eigenvalue weighted by atomic mass is 10.0. The monoisotopic (exact) mass is 438 g/mol. The molecule has 0 bridgehead atoms. The van der Waals surface area contributed by atoms with Crippen molar-refractivity contribution in [3.8, 4) is 5.75 Å². The molecular formula is C25H34N4O3. The summed E-state index contributed by atoms with van der Waals surface area (Å²) >= 11 is 0. The third kappa shape index (κ3) is 5.99. The highest BCUT2D eigenvalue weighted by molar-refractivity contribution is 5.77. The summed E-state index contributed by atoms with van der Waals surface area (Å²) in [5.41, 5.74) is 0.456. The number of amides is 1. The number of carbonyl (C=O) groups is 1. The number of β-amino-alcohol motifs (C(OH)–C–C–N with tert-alkyl or cyclic N) is 1. The Morgan fingerprint density at radius 2 is 2.03 bits per heavy atom. The number of hydrogen-bond donors (Lipinski definition) is 1. The zero-order valence-corrected chi connectivity index (χ0v) is 18.9. The summed E-state index contributed by atoms with van der Waals surface area (Å²) in [5.74, 6) is 2.04. The normalized spacial score (nSPS) is 21.0. The molecule has 0 radical (unpaired) electrons. The topological polar surface area (TPSA) is 69.1 Å². The van der Waals surface area contributed by atoms with Crippen molar-refractivity contribution in [2.24, 2.45) is 0 Å². The van der Waals surface area contributed by atoms with Crippen molar-refractivity contribution in [2.45, 2.75) is 37.8 Å². The van der Waals surface area contributed by atoms with E-state index in [-0.39, 0.29) is 5.91 Å². The Morgan fingerprint density at radius 3 is 2.75 bits per heavy atom. The molecule has 4 rings (SSSR count). The predicted octanol–water partition coefficient (Wildman–Crippen LogP) is 2.55. The number of rotatable bonds is 10. The van der Waals surface area contributed by atoms with Gasteiger partial charge in [-0.25, -0.2) is 4.98 Å². The summed E-state index contributed by atoms with van der Waals surface area (Å²) in [5, 5.41) is 11.1. The SMILES string of the molecule is CN(Cc1ccc(OCCCN2CCCC2=O)cc1)CC1(O)CCN(c2ccccn2)C1. The Bertz CT molecular complexity index is 877. The molecule has 1 atom stereocenters. The number of likely N-dealkylation sites (N-methyl/N-ethyl adjacent to an activating group) is 1. The molecule has 0 saturated carbocycles. The van der Waals surface area contributed by atoms with Crippen LogP contribution in [0.2, 0.25) is 0 Å². The molecule has 0 spiro atoms. The molecule has 2 fully saturated rings. The quantitative estimate of drug-likeness (QED) is 0.575. The zero-order valence-electron chi connectivity index (χ0n) is 18.9. The maximum Gasteiger partial charge on any atom is 0.222 e. The van der Waals surface area contributed by atoms with Gasteiger partial charge in [-0.2, -0.15) is 0 Å². The molecule has 1 amide bonds. The van der Waals surface area contributed by atoms with Crippen LogP contribution in [0.5, 0.6) is 5.75 Å². The second-order valence-corrected chi connectivity index (χ2v) is 9.09. The van der Waals surface area contributed by atoms with E-state index >= 15 is 0 Å². The largest absolute Gasteiger partial charge is 0.494 e. The highest BCUT2D eigenvalue weighted by atomic mass is 16.5. The highest BCUT2D eigenvalue weighted by Crippen LogP contribution is 2.26. The van der Waals surface area contributed by atoms with Crippen molar-refractivity contribution in [1.29, 1.82) is 0 Å². The van der Waals surface area contributed by atoms with Crippen molar-refractivity contribution in [1.82, 2.24) is 14.8 Å². The number of hydrogen-bond acceptors (Lipinski definition) is 6. The molecule has 0 aliphatic carbocycles. The van der Waals surface area contributed by atoms with Crippen molar-refractivity contribution in [2.75, 3.05) is 51.3 Å². The first-order chi connectivity index (χ1) is 15.5. The Morgan fingerprint density at radius 1 is 1.19 bits per heavy atom. The first-order valence-electron chi connectivity index (χ1n) is 11.6. The Labute approximate surface area is 190 Å². The summed E-state index contributed by atoms with van der Waals surface area (Å²) in [6, 6.07) is 14.0. The van der Waals surface area contributed by atoms with Crippen LogP contribution < -0.4 is 9.64 Å². The molecule has 1 aromatic heterocycles. The van der Waals surface area contributed by atoms with Gasteiger partial charge in [-0.15, -0.1) is 0 Å². The minimum Gasteiger partial charge on any atom is -0.494 e. The van der Waals surface area contributed by atoms with Gasteiger partial charge in [0.25, 0.3) is 0 Å². The van der Waals surface area contributed by atoms with E-state index in [0.29, 0.717) is 26.1 Å². The number of pyridine rings is 1. The first kappa shape index (κ1) is 22.6. The third-order valence-electron chi connectivity index (χ3n) is 6.26. The van der Waals surface area contributed by atoms with Gasteiger partial charge in [0.05, 0.1) is 12.2 Å². The second kappa shape index (κ2) is 10.3. The molecule has 2 aliphatic heterocycles. The van der Waals surface area contributed by atoms with Crippen LogP contribution in [0.15, 0.2) is 48.7 Å². The maximum atomic E-state index is 11.6. The molecule has 1 aromatic carbocycles. The molecule has 32 heavy (non-hydrogen) atoms. The van der Waals surface area contributed by atoms with E-state index in [4.69, 9.17) is 4.74 Å². The molecule has 3 heterocycles. The fourth-order valence-corrected chi connectivity index (χ4v) is 4.67. The summed E-state index contributed by atoms with van der Waals surface area (Å²) in [7, 11) is 2.05. The van der Waals surface area contributed by atoms with E-state index in [1.807, 2.05) is 42.3 Å². The molecule has 7 heteroatoms. The van der Waals surface area contributed by atoms with Gasteiger partial charge in [-0.3, -0.25) is 9.69 Å². The van der Waals surface area contributed by atoms with E-state index in [0.717, 1.165) is 57.0 Å². The average molecular weight is 439 g/mol. The first-order valence-corrected chi connectivity index (χ1v) is 11.6. The summed E-state index contributed by atoms with van der Waals surface area (Å²) < 4.78 is 5.84. The van der Waals surface area contributed by atoms with Crippen LogP contribution in [0.3, 0.4) is 0 Å². The van der Waals surface area contributed by atoms with Gasteiger partial charge in [-0.05, 0) is 56.1 Å². The lowest BCUT2D eigenvalue weighted by Crippen LogP contribution is -2.43. The van der Waals surface area contributed by atoms with Crippen molar-refractivity contribution < 1.29 is 14.6 Å². The number of aromatic nitrogens is 1. The fraction of sp³-hybridized carbons (Fsp3) is 0.520. The molecule has 2 aliphatic rings. The van der Waals surface area contributed by atoms with Gasteiger partial charge < -0.3 is 19.6 Å². The number of carbonyl (C=O) groups excluding carboxylic acids is 1. The lowest BCUT2D eigenvalue weighted by molar-refractivity contribution is -0.127. The molecule has 172 valence electrons. The van der Waals surface area contributed by atoms with Crippen LogP contribution in [-0.2, 0) is 11.3 Å². The van der Waals surface area contributed by atoms with E-state index in [2.05, 4.69) is 26.9 Å². The molecule has 2 saturated heterocycles. The minimum absolute atomic E-state index is 0.269. The smallest absolute Gasteiger partial charge is 0.222 e. The predicted molar refractivity (Wildman–Crippen MR) is 125 cm³/mol. The van der Waals surface area contributed by atoms with Crippen LogP contribution in [0.25, 0.3) is 0 Å². The Balaban J connectivity index is 1.19. The fourth-order valence-electron chi connectivity index (χ4n) is 4.67. The second-order valence-electron chi connectivity index (χ2n) is 9.09. The standard InChI is InChI=1S/C25H34N4O3/c1-27(19-25(31)12-16-29(20-25)23-6-2-3-13-26-23)18-21-8-10-22(11-9-21)32-17-5-15-28-14-4-7-24(28)30/h2-3,6,8-11,13,31H,4-5,7,12,14-20H2,1H3. The zero-order chi connectivity index (χ0) is 22.4. The van der Waals surface area contributed by atoms with Crippen LogP contribution in [0, 0.1) is 0 Å². The lowest BCUT2D eigenvalue weighted by Gasteiger charge is -2.29. The third-order valence-corrected chi connectivity index (χ3v) is 6.26. The van der Waals surface area contributed by atoms with E-state index in [1.54, 1.807) is 6.20 Å². The number of nitrogens with zero attached hydrogens (tertiary/aromatic N) is 4. The average Bonchev–Trinajstić information content (AvgIpc) is 3.38. The maximum absolute atomic E-state index is 11.6. The van der Waals surface area contributed by atoms with E-state index < -0.39 is 5.60 Å². The highest BCUT2D eigenvalue weighted by Gasteiger charge is 2.37. The number of ether oxygens (including phenoxy) is 1. The van der Waals surface area contributed by atoms with Crippen molar-refractivity contribution in [3.05, 3.63) is 54.2 Å². The van der Waals surface area contributed by atoms with Gasteiger partial charge in [0.15, 0.2) is 0 Å². The number of likely N-dealkylation sites (tertiary alicyclic amines) is 1. The van der Waals surface area contributed by atoms with Gasteiger partial charge in [0.2, 0.25) is 5.91 Å². The molecule has 1 unspecified atom stereocenters. The van der Waals surface area contributed by atoms with Gasteiger partial charge in [-0.1, -0.05) is 18.2 Å². The van der Waals surface area contributed by atoms with Crippen LogP contribution in [-0.4, -0.2) is 77.8 Å². The summed E-state index contributed by atoms with van der Waals surface area (Å²) in [4.78, 5) is 22.3. The van der Waals surface area contributed by atoms with Gasteiger partial charge >= 0.3 is 0 Å². The summed E-state index contributed by atoms with van der Waals surface area (Å²) in [6.07, 6.45) is 5.06. The Kier molecular flexibility index (Phi) is 7.27. The van der Waals surface area contributed by atoms with Gasteiger partial charge in [0.1, 0.15) is 11.6 Å². The van der Waals surface area contributed by atoms with E-state index in [1.165, 1.54) is 5.56 Å².